The van der Waals surface area contributed by atoms with Crippen LogP contribution in [0.15, 0.2) is 64.9 Å². The number of allylic oxidation sites excluding steroid dienone is 1. The first-order valence-corrected chi connectivity index (χ1v) is 9.30. The minimum absolute atomic E-state index is 0.557. The number of thioether (sulfide) groups is 1. The first-order chi connectivity index (χ1) is 13.3. The minimum atomic E-state index is 0.557. The Bertz CT molecular complexity index is 1050. The Morgan fingerprint density at radius 3 is 2.74 bits per heavy atom. The molecule has 0 spiro atoms. The van der Waals surface area contributed by atoms with Gasteiger partial charge in [0.05, 0.1) is 23.3 Å². The maximum absolute atomic E-state index is 5.40. The molecule has 0 fully saturated rings. The fraction of sp³-hybridized carbons (Fsp3) is 0.167. The first-order valence-electron chi connectivity index (χ1n) is 8.32. The molecule has 4 rings (SSSR count). The van der Waals surface area contributed by atoms with Gasteiger partial charge in [0.1, 0.15) is 5.76 Å². The van der Waals surface area contributed by atoms with Crippen LogP contribution in [0.3, 0.4) is 0 Å². The van der Waals surface area contributed by atoms with E-state index in [9.17, 15) is 0 Å². The smallest absolute Gasteiger partial charge is 0.192 e. The van der Waals surface area contributed by atoms with Crippen molar-refractivity contribution in [3.8, 4) is 17.1 Å². The molecule has 0 radical (unpaired) electrons. The predicted octanol–water partition coefficient (Wildman–Crippen LogP) is 3.30. The normalized spacial score (nSPS) is 11.0. The second-order valence-electron chi connectivity index (χ2n) is 5.73. The third kappa shape index (κ3) is 3.41. The van der Waals surface area contributed by atoms with E-state index in [4.69, 9.17) is 4.42 Å². The van der Waals surface area contributed by atoms with Crippen molar-refractivity contribution in [2.45, 2.75) is 24.4 Å². The Kier molecular flexibility index (Phi) is 4.84. The lowest BCUT2D eigenvalue weighted by atomic mass is 10.2. The molecule has 4 aromatic rings. The van der Waals surface area contributed by atoms with Crippen LogP contribution < -0.4 is 0 Å². The van der Waals surface area contributed by atoms with Crippen LogP contribution >= 0.6 is 11.8 Å². The van der Waals surface area contributed by atoms with Gasteiger partial charge in [-0.1, -0.05) is 36.0 Å². The third-order valence-electron chi connectivity index (χ3n) is 3.99. The molecule has 0 atom stereocenters. The van der Waals surface area contributed by atoms with Crippen molar-refractivity contribution in [2.24, 2.45) is 0 Å². The highest BCUT2D eigenvalue weighted by atomic mass is 32.2. The zero-order chi connectivity index (χ0) is 18.6. The molecular weight excluding hydrogens is 362 g/mol. The van der Waals surface area contributed by atoms with Crippen LogP contribution in [0.4, 0.5) is 0 Å². The number of furan rings is 1. The molecule has 0 amide bonds. The lowest BCUT2D eigenvalue weighted by Crippen LogP contribution is -2.04. The molecule has 9 heteroatoms. The van der Waals surface area contributed by atoms with Gasteiger partial charge >= 0.3 is 0 Å². The monoisotopic (exact) mass is 379 g/mol. The molecule has 8 nitrogen and oxygen atoms in total. The van der Waals surface area contributed by atoms with Crippen molar-refractivity contribution in [1.82, 2.24) is 35.0 Å². The SMILES string of the molecule is C=CCn1c(SCc2nnnn2-c2ccccc2)nnc1-c1ccoc1C. The molecule has 0 saturated carbocycles. The van der Waals surface area contributed by atoms with Gasteiger partial charge in [-0.15, -0.1) is 21.9 Å². The van der Waals surface area contributed by atoms with E-state index in [-0.39, 0.29) is 0 Å². The van der Waals surface area contributed by atoms with Crippen LogP contribution in [0, 0.1) is 6.92 Å². The van der Waals surface area contributed by atoms with Crippen LogP contribution in [0.1, 0.15) is 11.6 Å². The minimum Gasteiger partial charge on any atom is -0.469 e. The number of aromatic nitrogens is 7. The summed E-state index contributed by atoms with van der Waals surface area (Å²) in [6, 6.07) is 11.7. The van der Waals surface area contributed by atoms with Crippen molar-refractivity contribution in [1.29, 1.82) is 0 Å². The number of benzene rings is 1. The maximum Gasteiger partial charge on any atom is 0.192 e. The Hall–Kier alpha value is -3.20. The van der Waals surface area contributed by atoms with E-state index >= 15 is 0 Å². The molecule has 3 aromatic heterocycles. The van der Waals surface area contributed by atoms with E-state index in [0.717, 1.165) is 33.8 Å². The lowest BCUT2D eigenvalue weighted by molar-refractivity contribution is 0.534. The fourth-order valence-corrected chi connectivity index (χ4v) is 3.55. The summed E-state index contributed by atoms with van der Waals surface area (Å²) in [6.45, 7) is 6.34. The number of tetrazole rings is 1. The van der Waals surface area contributed by atoms with E-state index in [1.165, 1.54) is 11.8 Å². The highest BCUT2D eigenvalue weighted by Crippen LogP contribution is 2.28. The fourth-order valence-electron chi connectivity index (χ4n) is 2.70. The molecule has 0 aliphatic rings. The van der Waals surface area contributed by atoms with Gasteiger partial charge in [0.2, 0.25) is 0 Å². The number of rotatable bonds is 7. The standard InChI is InChI=1S/C18H17N7OS/c1-3-10-24-17(15-9-11-26-13(15)2)20-21-18(24)27-12-16-19-22-23-25(16)14-7-5-4-6-8-14/h3-9,11H,1,10,12H2,2H3. The summed E-state index contributed by atoms with van der Waals surface area (Å²) in [4.78, 5) is 0. The van der Waals surface area contributed by atoms with Gasteiger partial charge in [-0.25, -0.2) is 0 Å². The number of aryl methyl sites for hydroxylation is 1. The molecule has 3 heterocycles. The average Bonchev–Trinajstić information content (AvgIpc) is 3.41. The van der Waals surface area contributed by atoms with E-state index in [1.807, 2.05) is 54.0 Å². The van der Waals surface area contributed by atoms with Gasteiger partial charge in [0, 0.05) is 6.54 Å². The zero-order valence-corrected chi connectivity index (χ0v) is 15.5. The Balaban J connectivity index is 1.60. The quantitative estimate of drug-likeness (QED) is 0.360. The Morgan fingerprint density at radius 1 is 1.15 bits per heavy atom. The molecule has 0 aliphatic carbocycles. The summed E-state index contributed by atoms with van der Waals surface area (Å²) in [7, 11) is 0. The van der Waals surface area contributed by atoms with Crippen molar-refractivity contribution in [2.75, 3.05) is 0 Å². The second-order valence-corrected chi connectivity index (χ2v) is 6.67. The predicted molar refractivity (Wildman–Crippen MR) is 101 cm³/mol. The lowest BCUT2D eigenvalue weighted by Gasteiger charge is -2.07. The van der Waals surface area contributed by atoms with E-state index in [1.54, 1.807) is 10.9 Å². The summed E-state index contributed by atoms with van der Waals surface area (Å²) in [5.74, 6) is 2.85. The van der Waals surface area contributed by atoms with Gasteiger partial charge < -0.3 is 4.42 Å². The molecule has 27 heavy (non-hydrogen) atoms. The Labute approximate surface area is 159 Å². The van der Waals surface area contributed by atoms with Crippen LogP contribution in [0.5, 0.6) is 0 Å². The van der Waals surface area contributed by atoms with Crippen LogP contribution in [-0.2, 0) is 12.3 Å². The third-order valence-corrected chi connectivity index (χ3v) is 4.96. The topological polar surface area (TPSA) is 87.5 Å². The average molecular weight is 379 g/mol. The molecule has 0 saturated heterocycles. The van der Waals surface area contributed by atoms with Crippen LogP contribution in [-0.4, -0.2) is 35.0 Å². The number of hydrogen-bond donors (Lipinski definition) is 0. The molecule has 0 bridgehead atoms. The van der Waals surface area contributed by atoms with Crippen molar-refractivity contribution in [3.63, 3.8) is 0 Å². The van der Waals surface area contributed by atoms with Gasteiger partial charge in [-0.2, -0.15) is 4.68 Å². The second kappa shape index (κ2) is 7.58. The highest BCUT2D eigenvalue weighted by Gasteiger charge is 2.18. The maximum atomic E-state index is 5.40. The summed E-state index contributed by atoms with van der Waals surface area (Å²) in [6.07, 6.45) is 3.47. The largest absolute Gasteiger partial charge is 0.469 e. The van der Waals surface area contributed by atoms with Gasteiger partial charge in [0.25, 0.3) is 0 Å². The first kappa shape index (κ1) is 17.2. The molecule has 136 valence electrons. The molecular formula is C18H17N7OS. The van der Waals surface area contributed by atoms with Gasteiger partial charge in [0.15, 0.2) is 16.8 Å². The zero-order valence-electron chi connectivity index (χ0n) is 14.7. The molecule has 1 aromatic carbocycles. The van der Waals surface area contributed by atoms with Crippen LogP contribution in [0.2, 0.25) is 0 Å². The Morgan fingerprint density at radius 2 is 2.00 bits per heavy atom. The van der Waals surface area contributed by atoms with Gasteiger partial charge in [-0.05, 0) is 35.5 Å². The van der Waals surface area contributed by atoms with E-state index < -0.39 is 0 Å². The van der Waals surface area contributed by atoms with Crippen molar-refractivity contribution < 1.29 is 4.42 Å². The van der Waals surface area contributed by atoms with Crippen molar-refractivity contribution >= 4 is 11.8 Å². The molecule has 0 unspecified atom stereocenters. The summed E-state index contributed by atoms with van der Waals surface area (Å²) >= 11 is 1.53. The summed E-state index contributed by atoms with van der Waals surface area (Å²) < 4.78 is 9.13. The number of hydrogen-bond acceptors (Lipinski definition) is 7. The highest BCUT2D eigenvalue weighted by molar-refractivity contribution is 7.98. The summed E-state index contributed by atoms with van der Waals surface area (Å²) in [5.41, 5.74) is 1.84. The molecule has 0 N–H and O–H groups in total. The van der Waals surface area contributed by atoms with Crippen LogP contribution in [0.25, 0.3) is 17.1 Å². The number of nitrogens with zero attached hydrogens (tertiary/aromatic N) is 7. The van der Waals surface area contributed by atoms with Gasteiger partial charge in [-0.3, -0.25) is 4.57 Å². The van der Waals surface area contributed by atoms with E-state index in [0.29, 0.717) is 12.3 Å². The van der Waals surface area contributed by atoms with Crippen molar-refractivity contribution in [3.05, 3.63) is 66.9 Å². The summed E-state index contributed by atoms with van der Waals surface area (Å²) in [5, 5.41) is 21.5. The van der Waals surface area contributed by atoms with E-state index in [2.05, 4.69) is 32.3 Å². The number of para-hydroxylation sites is 1. The molecule has 0 aliphatic heterocycles.